The fraction of sp³-hybridized carbons (Fsp3) is 0.608. The molecule has 2 rings (SSSR count). The van der Waals surface area contributed by atoms with Gasteiger partial charge in [0.05, 0.1) is 14.2 Å². The van der Waals surface area contributed by atoms with Crippen molar-refractivity contribution < 1.29 is 47.7 Å². The molecule has 0 unspecified atom stereocenters. The lowest BCUT2D eigenvalue weighted by Crippen LogP contribution is -2.52. The van der Waals surface area contributed by atoms with Crippen molar-refractivity contribution in [2.24, 2.45) is 71.8 Å². The molecule has 6 atom stereocenters. The molecule has 26 nitrogen and oxygen atoms in total. The van der Waals surface area contributed by atoms with E-state index in [1.165, 1.54) is 14.2 Å². The normalized spacial score (nSPS) is 15.3. The molecular formula is C51H86N16O10. The zero-order valence-electron chi connectivity index (χ0n) is 45.5. The van der Waals surface area contributed by atoms with Gasteiger partial charge in [0.15, 0.2) is 37.1 Å². The van der Waals surface area contributed by atoms with Gasteiger partial charge in [-0.25, -0.2) is 9.59 Å². The number of benzene rings is 1. The third-order valence-electron chi connectivity index (χ3n) is 12.4. The van der Waals surface area contributed by atoms with E-state index in [-0.39, 0.29) is 100 Å². The van der Waals surface area contributed by atoms with Crippen LogP contribution < -0.4 is 76.6 Å². The van der Waals surface area contributed by atoms with Gasteiger partial charge in [-0.15, -0.1) is 0 Å². The molecule has 26 heteroatoms. The number of nitrogens with zero attached hydrogens (tertiary/aromatic N) is 4. The molecule has 4 amide bonds. The first-order valence-electron chi connectivity index (χ1n) is 25.9. The summed E-state index contributed by atoms with van der Waals surface area (Å²) in [5.41, 5.74) is 47.3. The van der Waals surface area contributed by atoms with Crippen LogP contribution in [0.25, 0.3) is 0 Å². The monoisotopic (exact) mass is 1080 g/mol. The maximum Gasteiger partial charge on any atom is 0.328 e. The molecule has 0 heterocycles. The highest BCUT2D eigenvalue weighted by atomic mass is 16.5. The zero-order chi connectivity index (χ0) is 57.5. The van der Waals surface area contributed by atoms with Crippen LogP contribution in [0.15, 0.2) is 55.9 Å². The van der Waals surface area contributed by atoms with E-state index >= 15 is 0 Å². The highest BCUT2D eigenvalue weighted by Gasteiger charge is 2.33. The molecule has 0 aliphatic heterocycles. The minimum absolute atomic E-state index is 0.0756. The van der Waals surface area contributed by atoms with Gasteiger partial charge >= 0.3 is 11.9 Å². The summed E-state index contributed by atoms with van der Waals surface area (Å²) in [5, 5.41) is 10.9. The molecule has 1 aliphatic rings. The van der Waals surface area contributed by atoms with Crippen molar-refractivity contribution >= 4 is 59.4 Å². The number of nitrogens with one attached hydrogen (secondary N) is 4. The molecule has 0 spiro atoms. The molecule has 0 radical (unpaired) electrons. The number of methoxy groups -OCH3 is 2. The van der Waals surface area contributed by atoms with Crippen molar-refractivity contribution in [1.29, 1.82) is 0 Å². The molecular weight excluding hydrogens is 997 g/mol. The summed E-state index contributed by atoms with van der Waals surface area (Å²) in [6.07, 6.45) is 8.54. The van der Waals surface area contributed by atoms with Crippen LogP contribution in [0.3, 0.4) is 0 Å². The van der Waals surface area contributed by atoms with E-state index in [4.69, 9.17) is 64.8 Å². The minimum atomic E-state index is -1.17. The van der Waals surface area contributed by atoms with Crippen molar-refractivity contribution in [3.8, 4) is 11.5 Å². The lowest BCUT2D eigenvalue weighted by molar-refractivity contribution is -0.146. The molecule has 0 saturated heterocycles. The van der Waals surface area contributed by atoms with Crippen LogP contribution in [0.1, 0.15) is 121 Å². The average Bonchev–Trinajstić information content (AvgIpc) is 3.37. The lowest BCUT2D eigenvalue weighted by atomic mass is 9.73. The fourth-order valence-corrected chi connectivity index (χ4v) is 8.49. The maximum absolute atomic E-state index is 14.0. The smallest absolute Gasteiger partial charge is 0.328 e. The topological polar surface area (TPSA) is 445 Å². The van der Waals surface area contributed by atoms with Gasteiger partial charge in [-0.1, -0.05) is 43.6 Å². The van der Waals surface area contributed by atoms with E-state index in [1.54, 1.807) is 0 Å². The summed E-state index contributed by atoms with van der Waals surface area (Å²) in [7, 11) is 2.38. The second-order valence-corrected chi connectivity index (χ2v) is 18.8. The Balaban J connectivity index is 2.62. The molecule has 0 fully saturated rings. The van der Waals surface area contributed by atoms with Gasteiger partial charge in [0.25, 0.3) is 11.8 Å². The SMILES string of the molecule is C=C(C)[C@@H]1CCC(C)=C[C@H]1c1c(OCC(=O)N[C@@H](CCCN=C(N)N)C(=O)N[C@@H](CCCN=C(N)N)C(=O)OC)cc(CCCCC)cc1OCC(=O)N[C@@H](CCCN=C(N)N)C(=O)N[C@@H](CCCN=C(N)N)C(=O)OC. The van der Waals surface area contributed by atoms with Crippen molar-refractivity contribution in [3.63, 3.8) is 0 Å². The number of unbranched alkanes of at least 4 members (excludes halogenated alkanes) is 2. The maximum atomic E-state index is 14.0. The Morgan fingerprint density at radius 2 is 1.00 bits per heavy atom. The van der Waals surface area contributed by atoms with Crippen molar-refractivity contribution in [1.82, 2.24) is 21.3 Å². The van der Waals surface area contributed by atoms with Gasteiger partial charge in [-0.3, -0.25) is 39.1 Å². The van der Waals surface area contributed by atoms with Crippen LogP contribution in [0.5, 0.6) is 11.5 Å². The standard InChI is InChI=1S/C51H86N16O10/c1-7-8-9-14-32-26-39(76-28-41(68)64-35(15-10-21-60-48(52)53)44(70)66-37(46(72)74-5)17-12-23-62-50(56)57)43(34-25-31(4)19-20-33(34)30(2)3)40(27-32)77-29-42(69)65-36(16-11-22-61-49(54)55)45(71)67-38(47(73)75-6)18-13-24-63-51(58)59/h25-27,33-38H,2,7-24,28-29H2,1,3-6H3,(H,64,68)(H,65,69)(H,66,70)(H,67,71)(H4,52,53,60)(H4,54,55,61)(H4,56,57,62)(H4,58,59,63)/t33-,34+,35-,36-,37-,38-/m0/s1. The zero-order valence-corrected chi connectivity index (χ0v) is 45.5. The number of rotatable bonds is 36. The van der Waals surface area contributed by atoms with Crippen LogP contribution in [0.2, 0.25) is 0 Å². The van der Waals surface area contributed by atoms with E-state index in [1.807, 2.05) is 26.0 Å². The molecule has 1 aromatic rings. The minimum Gasteiger partial charge on any atom is -0.483 e. The third kappa shape index (κ3) is 25.5. The van der Waals surface area contributed by atoms with E-state index in [0.717, 1.165) is 48.8 Å². The second kappa shape index (κ2) is 35.5. The molecule has 1 aromatic carbocycles. The number of aryl methyl sites for hydroxylation is 1. The fourth-order valence-electron chi connectivity index (χ4n) is 8.49. The summed E-state index contributed by atoms with van der Waals surface area (Å²) in [6, 6.07) is -0.796. The number of hydrogen-bond donors (Lipinski definition) is 12. The Labute approximate surface area is 451 Å². The van der Waals surface area contributed by atoms with E-state index in [9.17, 15) is 28.8 Å². The molecule has 0 bridgehead atoms. The van der Waals surface area contributed by atoms with Crippen LogP contribution in [-0.4, -0.2) is 137 Å². The van der Waals surface area contributed by atoms with Gasteiger partial charge in [-0.2, -0.15) is 0 Å². The number of hydrogen-bond acceptors (Lipinski definition) is 14. The number of ether oxygens (including phenoxy) is 4. The molecule has 20 N–H and O–H groups in total. The molecule has 1 aliphatic carbocycles. The number of esters is 2. The molecule has 430 valence electrons. The number of guanidine groups is 4. The van der Waals surface area contributed by atoms with Crippen LogP contribution >= 0.6 is 0 Å². The Bertz CT molecular complexity index is 2150. The number of carbonyl (C=O) groups is 6. The summed E-state index contributed by atoms with van der Waals surface area (Å²) < 4.78 is 22.8. The van der Waals surface area contributed by atoms with Crippen LogP contribution in [-0.2, 0) is 44.7 Å². The van der Waals surface area contributed by atoms with Crippen LogP contribution in [0, 0.1) is 5.92 Å². The molecule has 0 saturated carbocycles. The van der Waals surface area contributed by atoms with Crippen molar-refractivity contribution in [2.45, 2.75) is 141 Å². The first-order valence-corrected chi connectivity index (χ1v) is 25.9. The number of aliphatic imine (C=N–C) groups is 4. The predicted octanol–water partition coefficient (Wildman–Crippen LogP) is -0.308. The summed E-state index contributed by atoms with van der Waals surface area (Å²) in [4.78, 5) is 97.2. The van der Waals surface area contributed by atoms with E-state index in [0.29, 0.717) is 36.3 Å². The summed E-state index contributed by atoms with van der Waals surface area (Å²) in [6.45, 7) is 9.91. The largest absolute Gasteiger partial charge is 0.483 e. The Hall–Kier alpha value is -7.80. The Morgan fingerprint density at radius 1 is 0.610 bits per heavy atom. The number of nitrogens with two attached hydrogens (primary N) is 8. The first kappa shape index (κ1) is 65.3. The van der Waals surface area contributed by atoms with Gasteiger partial charge in [-0.05, 0) is 115 Å². The van der Waals surface area contributed by atoms with Crippen LogP contribution in [0.4, 0.5) is 0 Å². The predicted molar refractivity (Wildman–Crippen MR) is 296 cm³/mol. The molecule has 0 aromatic heterocycles. The average molecular weight is 1080 g/mol. The van der Waals surface area contributed by atoms with Gasteiger partial charge in [0, 0.05) is 37.7 Å². The van der Waals surface area contributed by atoms with Crippen molar-refractivity contribution in [2.75, 3.05) is 53.6 Å². The molecule has 77 heavy (non-hydrogen) atoms. The van der Waals surface area contributed by atoms with E-state index in [2.05, 4.69) is 60.8 Å². The lowest BCUT2D eigenvalue weighted by Gasteiger charge is -2.33. The number of amides is 4. The van der Waals surface area contributed by atoms with Gasteiger partial charge < -0.3 is 86.1 Å². The van der Waals surface area contributed by atoms with Gasteiger partial charge in [0.1, 0.15) is 35.7 Å². The summed E-state index contributed by atoms with van der Waals surface area (Å²) in [5.74, 6) is -4.51. The Morgan fingerprint density at radius 3 is 1.35 bits per heavy atom. The quantitative estimate of drug-likeness (QED) is 0.0135. The second-order valence-electron chi connectivity index (χ2n) is 18.8. The van der Waals surface area contributed by atoms with Gasteiger partial charge in [0.2, 0.25) is 11.8 Å². The number of allylic oxidation sites excluding steroid dienone is 3. The Kier molecular flexibility index (Phi) is 30.1. The van der Waals surface area contributed by atoms with E-state index < -0.39 is 72.9 Å². The van der Waals surface area contributed by atoms with Crippen molar-refractivity contribution in [3.05, 3.63) is 47.1 Å². The first-order chi connectivity index (χ1) is 36.6. The highest BCUT2D eigenvalue weighted by Crippen LogP contribution is 2.47. The number of carbonyl (C=O) groups excluding carboxylic acids is 6. The summed E-state index contributed by atoms with van der Waals surface area (Å²) >= 11 is 0. The highest BCUT2D eigenvalue weighted by molar-refractivity contribution is 5.92. The third-order valence-corrected chi connectivity index (χ3v) is 12.4.